The molecule has 0 fully saturated rings. The van der Waals surface area contributed by atoms with Gasteiger partial charge in [0.2, 0.25) is 0 Å². The Kier molecular flexibility index (Phi) is 6.84. The summed E-state index contributed by atoms with van der Waals surface area (Å²) >= 11 is 0. The lowest BCUT2D eigenvalue weighted by Gasteiger charge is -2.40. The zero-order chi connectivity index (χ0) is 38.9. The van der Waals surface area contributed by atoms with Crippen molar-refractivity contribution in [2.24, 2.45) is 0 Å². The van der Waals surface area contributed by atoms with Gasteiger partial charge in [0, 0.05) is 27.5 Å². The minimum Gasteiger partial charge on any atom is -0.310 e. The van der Waals surface area contributed by atoms with E-state index in [1.807, 2.05) is 12.1 Å². The van der Waals surface area contributed by atoms with Crippen molar-refractivity contribution in [3.63, 3.8) is 0 Å². The molecule has 0 saturated heterocycles. The molecule has 0 saturated carbocycles. The molecule has 1 aromatic heterocycles. The number of benzene rings is 9. The number of halogens is 1. The van der Waals surface area contributed by atoms with Crippen molar-refractivity contribution in [1.29, 1.82) is 0 Å². The fourth-order valence-corrected chi connectivity index (χ4v) is 11.7. The highest BCUT2D eigenvalue weighted by Crippen LogP contribution is 2.64. The molecule has 277 valence electrons. The lowest BCUT2D eigenvalue weighted by atomic mass is 9.65. The first-order chi connectivity index (χ1) is 28.3. The molecule has 2 aliphatic rings. The zero-order valence-electron chi connectivity index (χ0n) is 32.6. The fourth-order valence-electron chi connectivity index (χ4n) is 10.5. The molecule has 0 radical (unpaired) electrons. The van der Waals surface area contributed by atoms with Gasteiger partial charge in [0.05, 0.1) is 27.8 Å². The van der Waals surface area contributed by atoms with Crippen LogP contribution in [0, 0.1) is 5.82 Å². The van der Waals surface area contributed by atoms with Gasteiger partial charge in [-0.1, -0.05) is 127 Å². The smallest absolute Gasteiger partial charge is 0.123 e. The second-order valence-electron chi connectivity index (χ2n) is 17.0. The highest BCUT2D eigenvalue weighted by atomic mass is 28.3. The van der Waals surface area contributed by atoms with E-state index in [0.717, 1.165) is 22.4 Å². The third-order valence-electron chi connectivity index (χ3n) is 13.0. The van der Waals surface area contributed by atoms with Crippen LogP contribution in [-0.4, -0.2) is 12.6 Å². The van der Waals surface area contributed by atoms with Gasteiger partial charge in [0.15, 0.2) is 0 Å². The van der Waals surface area contributed by atoms with Crippen LogP contribution in [0.15, 0.2) is 182 Å². The van der Waals surface area contributed by atoms with Crippen LogP contribution in [-0.2, 0) is 5.41 Å². The van der Waals surface area contributed by atoms with E-state index >= 15 is 0 Å². The summed E-state index contributed by atoms with van der Waals surface area (Å²) in [6.07, 6.45) is 0. The molecule has 10 aromatic rings. The van der Waals surface area contributed by atoms with Crippen molar-refractivity contribution in [1.82, 2.24) is 4.57 Å². The number of rotatable bonds is 4. The van der Waals surface area contributed by atoms with E-state index in [9.17, 15) is 4.39 Å². The number of para-hydroxylation sites is 3. The highest BCUT2D eigenvalue weighted by molar-refractivity contribution is 6.88. The molecular weight excluding hydrogens is 724 g/mol. The molecule has 58 heavy (non-hydrogen) atoms. The SMILES string of the molecule is C[Si-](C)(C)c1ccc(N(c2ccc(F)cc2)c2cc3c(c4ccccc24)-c2c(ccc4ccccc24)C32c3ccccc3-n3c4ccccc4c4cccc2c43)cc1. The number of hydrogen-bond acceptors (Lipinski definition) is 1. The third kappa shape index (κ3) is 4.35. The molecular formula is C54H39FN2Si-. The van der Waals surface area contributed by atoms with Crippen molar-refractivity contribution in [2.45, 2.75) is 25.1 Å². The summed E-state index contributed by atoms with van der Waals surface area (Å²) in [7, 11) is -1.57. The van der Waals surface area contributed by atoms with Crippen LogP contribution in [0.25, 0.3) is 60.2 Å². The Morgan fingerprint density at radius 3 is 1.86 bits per heavy atom. The van der Waals surface area contributed by atoms with Crippen molar-refractivity contribution in [3.8, 4) is 16.8 Å². The van der Waals surface area contributed by atoms with Gasteiger partial charge >= 0.3 is 0 Å². The minimum absolute atomic E-state index is 0.250. The fraction of sp³-hybridized carbons (Fsp3) is 0.0741. The summed E-state index contributed by atoms with van der Waals surface area (Å²) in [5, 5.41) is 8.74. The first-order valence-corrected chi connectivity index (χ1v) is 23.7. The number of nitrogens with zero attached hydrogens (tertiary/aromatic N) is 2. The summed E-state index contributed by atoms with van der Waals surface area (Å²) in [5.74, 6) is -0.250. The summed E-state index contributed by atoms with van der Waals surface area (Å²) in [6, 6.07) is 65.9. The van der Waals surface area contributed by atoms with Crippen LogP contribution in [0.2, 0.25) is 19.6 Å². The van der Waals surface area contributed by atoms with Crippen LogP contribution < -0.4 is 10.1 Å². The maximum absolute atomic E-state index is 14.7. The van der Waals surface area contributed by atoms with Gasteiger partial charge in [-0.2, -0.15) is 24.8 Å². The maximum atomic E-state index is 14.7. The second kappa shape index (κ2) is 11.9. The topological polar surface area (TPSA) is 8.17 Å². The molecule has 12 rings (SSSR count). The summed E-state index contributed by atoms with van der Waals surface area (Å²) < 4.78 is 17.2. The predicted molar refractivity (Wildman–Crippen MR) is 244 cm³/mol. The van der Waals surface area contributed by atoms with E-state index in [1.165, 1.54) is 82.2 Å². The van der Waals surface area contributed by atoms with Crippen LogP contribution in [0.1, 0.15) is 22.3 Å². The van der Waals surface area contributed by atoms with Gasteiger partial charge in [-0.25, -0.2) is 4.39 Å². The first kappa shape index (κ1) is 33.4. The van der Waals surface area contributed by atoms with E-state index in [1.54, 1.807) is 12.1 Å². The summed E-state index contributed by atoms with van der Waals surface area (Å²) in [6.45, 7) is 7.16. The molecule has 1 aliphatic carbocycles. The average molecular weight is 763 g/mol. The van der Waals surface area contributed by atoms with E-state index < -0.39 is 13.5 Å². The Morgan fingerprint density at radius 1 is 0.483 bits per heavy atom. The Balaban J connectivity index is 1.28. The van der Waals surface area contributed by atoms with Crippen molar-refractivity contribution >= 4 is 73.7 Å². The lowest BCUT2D eigenvalue weighted by Crippen LogP contribution is -2.37. The summed E-state index contributed by atoms with van der Waals surface area (Å²) in [5.41, 5.74) is 13.7. The maximum Gasteiger partial charge on any atom is 0.123 e. The normalized spacial score (nSPS) is 15.3. The molecule has 1 unspecified atom stereocenters. The largest absolute Gasteiger partial charge is 0.310 e. The number of fused-ring (bicyclic) bond motifs is 16. The van der Waals surface area contributed by atoms with Gasteiger partial charge in [0.1, 0.15) is 5.82 Å². The van der Waals surface area contributed by atoms with E-state index in [0.29, 0.717) is 0 Å². The van der Waals surface area contributed by atoms with Gasteiger partial charge in [-0.15, -0.1) is 8.07 Å². The Bertz CT molecular complexity index is 3340. The van der Waals surface area contributed by atoms with Crippen molar-refractivity contribution in [3.05, 3.63) is 210 Å². The van der Waals surface area contributed by atoms with Gasteiger partial charge in [-0.05, 0) is 104 Å². The average Bonchev–Trinajstić information content (AvgIpc) is 3.75. The number of hydrogen-bond donors (Lipinski definition) is 0. The van der Waals surface area contributed by atoms with Gasteiger partial charge in [0.25, 0.3) is 0 Å². The summed E-state index contributed by atoms with van der Waals surface area (Å²) in [4.78, 5) is 2.34. The van der Waals surface area contributed by atoms with Crippen LogP contribution in [0.4, 0.5) is 21.5 Å². The van der Waals surface area contributed by atoms with E-state index in [4.69, 9.17) is 0 Å². The monoisotopic (exact) mass is 762 g/mol. The molecule has 4 heteroatoms. The van der Waals surface area contributed by atoms with Crippen LogP contribution in [0.3, 0.4) is 0 Å². The predicted octanol–water partition coefficient (Wildman–Crippen LogP) is 13.9. The number of anilines is 3. The van der Waals surface area contributed by atoms with Gasteiger partial charge < -0.3 is 9.47 Å². The van der Waals surface area contributed by atoms with E-state index in [-0.39, 0.29) is 5.82 Å². The molecule has 0 amide bonds. The second-order valence-corrected chi connectivity index (χ2v) is 22.1. The molecule has 1 atom stereocenters. The van der Waals surface area contributed by atoms with Gasteiger partial charge in [-0.3, -0.25) is 0 Å². The zero-order valence-corrected chi connectivity index (χ0v) is 33.6. The standard InChI is InChI=1S/C54H39FN2Si/c1-58(2,3)38-30-28-37(29-31-38)56(36-26-24-35(55)25-27-36)50-33-47-52(42-17-7-6-15-40(42)50)51-39-14-5-4-13-34(39)23-32-45(51)54(47)44-19-9-11-22-49(44)57-48-21-10-8-16-41(48)43-18-12-20-46(54)53(43)57/h4-33H,1-3H3/q-1. The molecule has 2 nitrogen and oxygen atoms in total. The molecule has 0 N–H and O–H groups in total. The Hall–Kier alpha value is -6.75. The molecule has 2 heterocycles. The highest BCUT2D eigenvalue weighted by Gasteiger charge is 2.52. The van der Waals surface area contributed by atoms with E-state index in [2.05, 4.69) is 187 Å². The minimum atomic E-state index is -1.57. The number of aromatic nitrogens is 1. The first-order valence-electron chi connectivity index (χ1n) is 20.2. The van der Waals surface area contributed by atoms with Crippen LogP contribution >= 0.6 is 0 Å². The van der Waals surface area contributed by atoms with Crippen LogP contribution in [0.5, 0.6) is 0 Å². The lowest BCUT2D eigenvalue weighted by molar-refractivity contribution is 0.628. The molecule has 1 spiro atoms. The Morgan fingerprint density at radius 2 is 1.09 bits per heavy atom. The molecule has 0 bridgehead atoms. The quantitative estimate of drug-likeness (QED) is 0.162. The van der Waals surface area contributed by atoms with Crippen molar-refractivity contribution < 1.29 is 4.39 Å². The Labute approximate surface area is 338 Å². The molecule has 9 aromatic carbocycles. The van der Waals surface area contributed by atoms with Crippen molar-refractivity contribution in [2.75, 3.05) is 4.90 Å². The third-order valence-corrected chi connectivity index (χ3v) is 15.0. The molecule has 1 aliphatic heterocycles.